The molecule has 1 aromatic carbocycles. The van der Waals surface area contributed by atoms with Crippen LogP contribution in [0.4, 0.5) is 0 Å². The average Bonchev–Trinajstić information content (AvgIpc) is 2.45. The molecule has 1 heterocycles. The van der Waals surface area contributed by atoms with Crippen molar-refractivity contribution in [2.75, 3.05) is 20.3 Å². The molecule has 1 aromatic heterocycles. The van der Waals surface area contributed by atoms with Crippen molar-refractivity contribution in [3.05, 3.63) is 30.5 Å². The third kappa shape index (κ3) is 3.90. The number of hydrogen-bond acceptors (Lipinski definition) is 5. The van der Waals surface area contributed by atoms with Crippen LogP contribution in [0.2, 0.25) is 0 Å². The van der Waals surface area contributed by atoms with E-state index in [9.17, 15) is 8.42 Å². The van der Waals surface area contributed by atoms with Gasteiger partial charge < -0.3 is 9.47 Å². The largest absolute Gasteiger partial charge is 0.493 e. The zero-order chi connectivity index (χ0) is 15.3. The molecule has 2 aromatic rings. The Morgan fingerprint density at radius 3 is 2.67 bits per heavy atom. The van der Waals surface area contributed by atoms with Gasteiger partial charge in [-0.1, -0.05) is 0 Å². The molecule has 0 aliphatic rings. The van der Waals surface area contributed by atoms with Gasteiger partial charge in [-0.05, 0) is 37.1 Å². The van der Waals surface area contributed by atoms with E-state index in [0.29, 0.717) is 29.9 Å². The van der Waals surface area contributed by atoms with Crippen LogP contribution in [-0.2, 0) is 14.8 Å². The molecule has 0 spiro atoms. The minimum Gasteiger partial charge on any atom is -0.493 e. The molecule has 114 valence electrons. The number of pyridine rings is 1. The molecule has 0 amide bonds. The maximum absolute atomic E-state index is 11.6. The lowest BCUT2D eigenvalue weighted by Gasteiger charge is -2.11. The van der Waals surface area contributed by atoms with Crippen LogP contribution in [0.3, 0.4) is 0 Å². The summed E-state index contributed by atoms with van der Waals surface area (Å²) >= 11 is 0. The summed E-state index contributed by atoms with van der Waals surface area (Å²) in [5.41, 5.74) is 0.328. The number of aromatic nitrogens is 1. The van der Waals surface area contributed by atoms with E-state index in [4.69, 9.17) is 14.6 Å². The number of nitrogens with zero attached hydrogens (tertiary/aromatic N) is 1. The fraction of sp³-hybridized carbons (Fsp3) is 0.357. The van der Waals surface area contributed by atoms with E-state index in [0.717, 1.165) is 12.8 Å². The molecule has 2 rings (SSSR count). The number of nitrogens with two attached hydrogens (primary N) is 1. The number of rotatable bonds is 7. The van der Waals surface area contributed by atoms with Gasteiger partial charge in [0.05, 0.1) is 12.1 Å². The molecule has 6 nitrogen and oxygen atoms in total. The molecule has 0 bridgehead atoms. The zero-order valence-electron chi connectivity index (χ0n) is 11.8. The highest BCUT2D eigenvalue weighted by Crippen LogP contribution is 2.29. The predicted molar refractivity (Wildman–Crippen MR) is 79.7 cm³/mol. The number of primary sulfonamides is 1. The second-order valence-corrected chi connectivity index (χ2v) is 6.08. The van der Waals surface area contributed by atoms with Crippen molar-refractivity contribution < 1.29 is 17.9 Å². The summed E-state index contributed by atoms with van der Waals surface area (Å²) < 4.78 is 33.8. The Morgan fingerprint density at radius 1 is 1.19 bits per heavy atom. The van der Waals surface area contributed by atoms with Crippen LogP contribution < -0.4 is 9.88 Å². The summed E-state index contributed by atoms with van der Waals surface area (Å²) in [5.74, 6) is 0.600. The number of hydrogen-bond donors (Lipinski definition) is 1. The molecule has 0 radical (unpaired) electrons. The molecule has 0 atom stereocenters. The van der Waals surface area contributed by atoms with Gasteiger partial charge in [0.25, 0.3) is 0 Å². The van der Waals surface area contributed by atoms with Crippen LogP contribution in [0.1, 0.15) is 12.8 Å². The SMILES string of the molecule is COCCCCOc1ccc(S(N)(=O)=O)c2ncccc12. The predicted octanol–water partition coefficient (Wildman–Crippen LogP) is 1.69. The average molecular weight is 310 g/mol. The van der Waals surface area contributed by atoms with E-state index < -0.39 is 10.0 Å². The Balaban J connectivity index is 2.26. The molecule has 0 aliphatic carbocycles. The van der Waals surface area contributed by atoms with E-state index in [1.54, 1.807) is 25.3 Å². The fourth-order valence-electron chi connectivity index (χ4n) is 2.01. The molecule has 21 heavy (non-hydrogen) atoms. The van der Waals surface area contributed by atoms with Gasteiger partial charge >= 0.3 is 0 Å². The molecule has 0 aliphatic heterocycles. The van der Waals surface area contributed by atoms with Crippen molar-refractivity contribution >= 4 is 20.9 Å². The van der Waals surface area contributed by atoms with Crippen molar-refractivity contribution in [2.45, 2.75) is 17.7 Å². The lowest BCUT2D eigenvalue weighted by molar-refractivity contribution is 0.184. The monoisotopic (exact) mass is 310 g/mol. The Bertz CT molecular complexity index is 716. The summed E-state index contributed by atoms with van der Waals surface area (Å²) in [5, 5.41) is 5.84. The van der Waals surface area contributed by atoms with Crippen molar-refractivity contribution in [3.8, 4) is 5.75 Å². The first-order chi connectivity index (χ1) is 10.0. The molecule has 0 saturated carbocycles. The van der Waals surface area contributed by atoms with Crippen LogP contribution in [-0.4, -0.2) is 33.7 Å². The minimum absolute atomic E-state index is 0.00447. The van der Waals surface area contributed by atoms with E-state index in [1.807, 2.05) is 0 Å². The first-order valence-electron chi connectivity index (χ1n) is 6.56. The van der Waals surface area contributed by atoms with Crippen molar-refractivity contribution in [1.29, 1.82) is 0 Å². The van der Waals surface area contributed by atoms with Gasteiger partial charge in [-0.3, -0.25) is 4.98 Å². The van der Waals surface area contributed by atoms with E-state index in [2.05, 4.69) is 4.98 Å². The lowest BCUT2D eigenvalue weighted by atomic mass is 10.2. The first-order valence-corrected chi connectivity index (χ1v) is 8.11. The number of sulfonamides is 1. The molecule has 0 saturated heterocycles. The number of fused-ring (bicyclic) bond motifs is 1. The Hall–Kier alpha value is -1.70. The molecule has 0 unspecified atom stereocenters. The second kappa shape index (κ2) is 6.84. The molecule has 0 fully saturated rings. The van der Waals surface area contributed by atoms with Crippen molar-refractivity contribution in [1.82, 2.24) is 4.98 Å². The summed E-state index contributed by atoms with van der Waals surface area (Å²) in [6.45, 7) is 1.22. The molecular weight excluding hydrogens is 292 g/mol. The second-order valence-electron chi connectivity index (χ2n) is 4.55. The number of methoxy groups -OCH3 is 1. The van der Waals surface area contributed by atoms with Gasteiger partial charge in [-0.15, -0.1) is 0 Å². The highest BCUT2D eigenvalue weighted by atomic mass is 32.2. The van der Waals surface area contributed by atoms with Crippen LogP contribution in [0.15, 0.2) is 35.4 Å². The Morgan fingerprint density at radius 2 is 1.95 bits per heavy atom. The van der Waals surface area contributed by atoms with Crippen molar-refractivity contribution in [3.63, 3.8) is 0 Å². The van der Waals surface area contributed by atoms with Crippen molar-refractivity contribution in [2.24, 2.45) is 5.14 Å². The zero-order valence-corrected chi connectivity index (χ0v) is 12.6. The first kappa shape index (κ1) is 15.7. The van der Waals surface area contributed by atoms with Gasteiger partial charge in [-0.25, -0.2) is 13.6 Å². The van der Waals surface area contributed by atoms with E-state index in [1.165, 1.54) is 12.3 Å². The normalized spacial score (nSPS) is 11.7. The van der Waals surface area contributed by atoms with E-state index in [-0.39, 0.29) is 4.90 Å². The smallest absolute Gasteiger partial charge is 0.240 e. The Labute approximate surface area is 123 Å². The standard InChI is InChI=1S/C14H18N2O4S/c1-19-9-2-3-10-20-12-6-7-13(21(15,17)18)14-11(12)5-4-8-16-14/h4-8H,2-3,9-10H2,1H3,(H2,15,17,18). The number of unbranched alkanes of at least 4 members (excludes halogenated alkanes) is 1. The summed E-state index contributed by atoms with van der Waals surface area (Å²) in [6.07, 6.45) is 3.29. The summed E-state index contributed by atoms with van der Waals surface area (Å²) in [4.78, 5) is 4.11. The fourth-order valence-corrected chi connectivity index (χ4v) is 2.70. The molecular formula is C14H18N2O4S. The van der Waals surface area contributed by atoms with Gasteiger partial charge in [0.15, 0.2) is 0 Å². The number of benzene rings is 1. The van der Waals surface area contributed by atoms with Gasteiger partial charge in [0, 0.05) is 25.3 Å². The maximum Gasteiger partial charge on any atom is 0.240 e. The highest BCUT2D eigenvalue weighted by molar-refractivity contribution is 7.89. The van der Waals surface area contributed by atoms with Crippen LogP contribution in [0.5, 0.6) is 5.75 Å². The molecule has 2 N–H and O–H groups in total. The highest BCUT2D eigenvalue weighted by Gasteiger charge is 2.16. The summed E-state index contributed by atoms with van der Waals surface area (Å²) in [7, 11) is -2.15. The van der Waals surface area contributed by atoms with Crippen LogP contribution in [0.25, 0.3) is 10.9 Å². The van der Waals surface area contributed by atoms with Gasteiger partial charge in [0.2, 0.25) is 10.0 Å². The lowest BCUT2D eigenvalue weighted by Crippen LogP contribution is -2.13. The van der Waals surface area contributed by atoms with Gasteiger partial charge in [-0.2, -0.15) is 0 Å². The Kier molecular flexibility index (Phi) is 5.11. The van der Waals surface area contributed by atoms with Crippen LogP contribution in [0, 0.1) is 0 Å². The maximum atomic E-state index is 11.6. The summed E-state index contributed by atoms with van der Waals surface area (Å²) in [6, 6.07) is 6.53. The van der Waals surface area contributed by atoms with E-state index >= 15 is 0 Å². The quantitative estimate of drug-likeness (QED) is 0.786. The van der Waals surface area contributed by atoms with Crippen LogP contribution >= 0.6 is 0 Å². The topological polar surface area (TPSA) is 91.5 Å². The number of ether oxygens (including phenoxy) is 2. The third-order valence-electron chi connectivity index (χ3n) is 3.00. The minimum atomic E-state index is -3.81. The van der Waals surface area contributed by atoms with Gasteiger partial charge in [0.1, 0.15) is 10.6 Å². The third-order valence-corrected chi connectivity index (χ3v) is 3.94. The molecule has 7 heteroatoms.